The maximum Gasteiger partial charge on any atom is 0.322 e. The van der Waals surface area contributed by atoms with Crippen molar-refractivity contribution in [3.8, 4) is 0 Å². The summed E-state index contributed by atoms with van der Waals surface area (Å²) in [5, 5.41) is 7.40. The zero-order valence-corrected chi connectivity index (χ0v) is 15.2. The van der Waals surface area contributed by atoms with Gasteiger partial charge in [0.15, 0.2) is 0 Å². The molecule has 0 spiro atoms. The van der Waals surface area contributed by atoms with Gasteiger partial charge >= 0.3 is 6.03 Å². The molecule has 3 fully saturated rings. The second kappa shape index (κ2) is 7.33. The molecule has 0 bridgehead atoms. The molecule has 1 aromatic heterocycles. The topological polar surface area (TPSA) is 56.6 Å². The molecule has 3 heterocycles. The first-order valence-electron chi connectivity index (χ1n) is 9.72. The van der Waals surface area contributed by atoms with Crippen LogP contribution in [0.25, 0.3) is 0 Å². The highest BCUT2D eigenvalue weighted by molar-refractivity contribution is 5.89. The molecule has 7 nitrogen and oxygen atoms in total. The van der Waals surface area contributed by atoms with E-state index in [9.17, 15) is 4.79 Å². The highest BCUT2D eigenvalue weighted by atomic mass is 16.2. The molecule has 1 aliphatic carbocycles. The van der Waals surface area contributed by atoms with Crippen molar-refractivity contribution in [3.63, 3.8) is 0 Å². The SMILES string of the molecule is CN1CCCC(N2CCN(C(=O)Nc3cnn(C4CCC4)c3)CC2)C1. The fourth-order valence-electron chi connectivity index (χ4n) is 4.18. The first-order chi connectivity index (χ1) is 12.2. The van der Waals surface area contributed by atoms with Crippen LogP contribution in [0.3, 0.4) is 0 Å². The molecule has 1 aromatic rings. The molecule has 2 saturated heterocycles. The Morgan fingerprint density at radius 1 is 1.08 bits per heavy atom. The fourth-order valence-corrected chi connectivity index (χ4v) is 4.18. The van der Waals surface area contributed by atoms with Gasteiger partial charge in [-0.05, 0) is 45.7 Å². The predicted octanol–water partition coefficient (Wildman–Crippen LogP) is 1.85. The molecule has 25 heavy (non-hydrogen) atoms. The number of urea groups is 1. The number of likely N-dealkylation sites (tertiary alicyclic amines) is 1. The van der Waals surface area contributed by atoms with Crippen LogP contribution < -0.4 is 5.32 Å². The molecule has 1 N–H and O–H groups in total. The lowest BCUT2D eigenvalue weighted by atomic mass is 9.93. The molecule has 4 rings (SSSR count). The summed E-state index contributed by atoms with van der Waals surface area (Å²) in [6.07, 6.45) is 10.00. The Labute approximate surface area is 149 Å². The molecule has 138 valence electrons. The summed E-state index contributed by atoms with van der Waals surface area (Å²) in [5.41, 5.74) is 0.813. The van der Waals surface area contributed by atoms with E-state index in [4.69, 9.17) is 0 Å². The highest BCUT2D eigenvalue weighted by Crippen LogP contribution is 2.31. The second-order valence-electron chi connectivity index (χ2n) is 7.81. The number of nitrogens with one attached hydrogen (secondary N) is 1. The van der Waals surface area contributed by atoms with Gasteiger partial charge in [0.05, 0.1) is 17.9 Å². The van der Waals surface area contributed by atoms with Gasteiger partial charge in [-0.15, -0.1) is 0 Å². The highest BCUT2D eigenvalue weighted by Gasteiger charge is 2.28. The van der Waals surface area contributed by atoms with Crippen molar-refractivity contribution in [1.29, 1.82) is 0 Å². The third-order valence-corrected chi connectivity index (χ3v) is 6.02. The number of likely N-dealkylation sites (N-methyl/N-ethyl adjacent to an activating group) is 1. The van der Waals surface area contributed by atoms with Gasteiger partial charge in [-0.1, -0.05) is 0 Å². The fraction of sp³-hybridized carbons (Fsp3) is 0.778. The lowest BCUT2D eigenvalue weighted by Gasteiger charge is -2.42. The molecular formula is C18H30N6O. The minimum absolute atomic E-state index is 0.00794. The number of nitrogens with zero attached hydrogens (tertiary/aromatic N) is 5. The molecule has 3 aliphatic rings. The Hall–Kier alpha value is -1.60. The predicted molar refractivity (Wildman–Crippen MR) is 97.8 cm³/mol. The first kappa shape index (κ1) is 16.8. The summed E-state index contributed by atoms with van der Waals surface area (Å²) >= 11 is 0. The zero-order valence-electron chi connectivity index (χ0n) is 15.2. The number of amides is 2. The molecule has 0 aromatic carbocycles. The van der Waals surface area contributed by atoms with Gasteiger partial charge in [0, 0.05) is 45.0 Å². The largest absolute Gasteiger partial charge is 0.322 e. The quantitative estimate of drug-likeness (QED) is 0.907. The number of hydrogen-bond acceptors (Lipinski definition) is 4. The van der Waals surface area contributed by atoms with E-state index >= 15 is 0 Å². The molecule has 1 saturated carbocycles. The van der Waals surface area contributed by atoms with Gasteiger partial charge in [0.1, 0.15) is 0 Å². The van der Waals surface area contributed by atoms with E-state index in [1.807, 2.05) is 15.8 Å². The number of piperidine rings is 1. The van der Waals surface area contributed by atoms with Crippen LogP contribution in [0.4, 0.5) is 10.5 Å². The number of anilines is 1. The van der Waals surface area contributed by atoms with Crippen molar-refractivity contribution in [1.82, 2.24) is 24.5 Å². The first-order valence-corrected chi connectivity index (χ1v) is 9.72. The molecule has 7 heteroatoms. The number of carbonyl (C=O) groups is 1. The number of aromatic nitrogens is 2. The summed E-state index contributed by atoms with van der Waals surface area (Å²) in [6.45, 7) is 5.95. The lowest BCUT2D eigenvalue weighted by Crippen LogP contribution is -2.56. The van der Waals surface area contributed by atoms with Crippen LogP contribution in [0.5, 0.6) is 0 Å². The Morgan fingerprint density at radius 3 is 2.52 bits per heavy atom. The molecule has 1 atom stereocenters. The van der Waals surface area contributed by atoms with Crippen molar-refractivity contribution < 1.29 is 4.79 Å². The molecular weight excluding hydrogens is 316 g/mol. The zero-order chi connectivity index (χ0) is 17.2. The Morgan fingerprint density at radius 2 is 1.84 bits per heavy atom. The average Bonchev–Trinajstić information content (AvgIpc) is 3.01. The summed E-state index contributed by atoms with van der Waals surface area (Å²) < 4.78 is 2.00. The van der Waals surface area contributed by atoms with Crippen LogP contribution in [0.15, 0.2) is 12.4 Å². The Balaban J connectivity index is 1.25. The molecule has 2 amide bonds. The standard InChI is InChI=1S/C18H30N6O/c1-21-7-3-6-17(14-21)22-8-10-23(11-9-22)18(25)20-15-12-19-24(13-15)16-4-2-5-16/h12-13,16-17H,2-11,14H2,1H3,(H,20,25). The van der Waals surface area contributed by atoms with Crippen LogP contribution in [0, 0.1) is 0 Å². The van der Waals surface area contributed by atoms with E-state index in [1.165, 1.54) is 38.6 Å². The van der Waals surface area contributed by atoms with Crippen LogP contribution in [0.2, 0.25) is 0 Å². The van der Waals surface area contributed by atoms with Crippen molar-refractivity contribution in [3.05, 3.63) is 12.4 Å². The van der Waals surface area contributed by atoms with Crippen LogP contribution >= 0.6 is 0 Å². The van der Waals surface area contributed by atoms with Gasteiger partial charge in [-0.3, -0.25) is 9.58 Å². The van der Waals surface area contributed by atoms with Crippen molar-refractivity contribution in [2.45, 2.75) is 44.2 Å². The monoisotopic (exact) mass is 346 g/mol. The number of carbonyl (C=O) groups excluding carboxylic acids is 1. The van der Waals surface area contributed by atoms with Gasteiger partial charge in [-0.2, -0.15) is 5.10 Å². The van der Waals surface area contributed by atoms with Crippen LogP contribution in [0.1, 0.15) is 38.1 Å². The van der Waals surface area contributed by atoms with Crippen LogP contribution in [-0.4, -0.2) is 82.9 Å². The van der Waals surface area contributed by atoms with E-state index < -0.39 is 0 Å². The Bertz CT molecular complexity index is 590. The second-order valence-corrected chi connectivity index (χ2v) is 7.81. The third-order valence-electron chi connectivity index (χ3n) is 6.02. The van der Waals surface area contributed by atoms with E-state index in [-0.39, 0.29) is 6.03 Å². The average molecular weight is 346 g/mol. The maximum atomic E-state index is 12.5. The van der Waals surface area contributed by atoms with Gasteiger partial charge in [0.2, 0.25) is 0 Å². The normalized spacial score (nSPS) is 26.4. The lowest BCUT2D eigenvalue weighted by molar-refractivity contribution is 0.0717. The van der Waals surface area contributed by atoms with Crippen molar-refractivity contribution in [2.75, 3.05) is 51.6 Å². The summed E-state index contributed by atoms with van der Waals surface area (Å²) in [5.74, 6) is 0. The van der Waals surface area contributed by atoms with E-state index in [0.29, 0.717) is 12.1 Å². The van der Waals surface area contributed by atoms with Gasteiger partial charge in [-0.25, -0.2) is 4.79 Å². The number of rotatable bonds is 3. The molecule has 0 radical (unpaired) electrons. The number of piperazine rings is 1. The summed E-state index contributed by atoms with van der Waals surface area (Å²) in [4.78, 5) is 19.4. The summed E-state index contributed by atoms with van der Waals surface area (Å²) in [6, 6.07) is 1.20. The minimum Gasteiger partial charge on any atom is -0.322 e. The smallest absolute Gasteiger partial charge is 0.322 e. The number of hydrogen-bond donors (Lipinski definition) is 1. The maximum absolute atomic E-state index is 12.5. The third kappa shape index (κ3) is 3.82. The van der Waals surface area contributed by atoms with Gasteiger partial charge in [0.25, 0.3) is 0 Å². The summed E-state index contributed by atoms with van der Waals surface area (Å²) in [7, 11) is 2.21. The van der Waals surface area contributed by atoms with Crippen molar-refractivity contribution >= 4 is 11.7 Å². The minimum atomic E-state index is 0.00794. The molecule has 1 unspecified atom stereocenters. The van der Waals surface area contributed by atoms with Crippen molar-refractivity contribution in [2.24, 2.45) is 0 Å². The molecule has 2 aliphatic heterocycles. The van der Waals surface area contributed by atoms with E-state index in [0.717, 1.165) is 38.4 Å². The van der Waals surface area contributed by atoms with E-state index in [1.54, 1.807) is 6.20 Å². The van der Waals surface area contributed by atoms with E-state index in [2.05, 4.69) is 27.3 Å². The van der Waals surface area contributed by atoms with Gasteiger partial charge < -0.3 is 15.1 Å². The Kier molecular flexibility index (Phi) is 4.94. The van der Waals surface area contributed by atoms with Crippen LogP contribution in [-0.2, 0) is 0 Å².